The van der Waals surface area contributed by atoms with E-state index in [1.54, 1.807) is 0 Å². The van der Waals surface area contributed by atoms with Crippen LogP contribution in [0.2, 0.25) is 0 Å². The molecule has 0 spiro atoms. The lowest BCUT2D eigenvalue weighted by Crippen LogP contribution is -1.92. The van der Waals surface area contributed by atoms with Crippen molar-refractivity contribution >= 4 is 44.1 Å². The molecule has 8 heteroatoms. The summed E-state index contributed by atoms with van der Waals surface area (Å²) in [5, 5.41) is 4.25. The number of aromatic nitrogens is 8. The van der Waals surface area contributed by atoms with Crippen LogP contribution in [0.3, 0.4) is 0 Å². The average Bonchev–Trinajstić information content (AvgIpc) is 3.84. The molecule has 0 bridgehead atoms. The molecule has 1 aromatic carbocycles. The average molecular weight is 543 g/mol. The summed E-state index contributed by atoms with van der Waals surface area (Å²) in [6.45, 7) is 0. The van der Waals surface area contributed by atoms with Gasteiger partial charge in [-0.15, -0.1) is 0 Å². The Kier molecular flexibility index (Phi) is 4.74. The lowest BCUT2D eigenvalue weighted by molar-refractivity contribution is 1.32. The first kappa shape index (κ1) is 22.8. The monoisotopic (exact) mass is 542 g/mol. The molecule has 0 aliphatic heterocycles. The maximum absolute atomic E-state index is 4.58. The predicted molar refractivity (Wildman–Crippen MR) is 167 cm³/mol. The number of hydrogen-bond donors (Lipinski definition) is 4. The van der Waals surface area contributed by atoms with E-state index >= 15 is 0 Å². The zero-order valence-corrected chi connectivity index (χ0v) is 22.2. The molecule has 8 aromatic heterocycles. The minimum absolute atomic E-state index is 0.851. The standard InChI is InChI=1S/C34H22N8/c1-5-19-27(15-39-31(19)35-9-1)23-13-25(29-17-41-33-21(29)7-3-11-37-33)26(30-18-42-34-22(30)8-4-12-38-34)14-24(23)28-16-40-32-20(28)6-2-10-36-32/h1-18H,(H,35,39)(H,36,40)(H,37,41)(H,38,42). The quantitative estimate of drug-likeness (QED) is 0.181. The van der Waals surface area contributed by atoms with Gasteiger partial charge in [0.1, 0.15) is 22.6 Å². The summed E-state index contributed by atoms with van der Waals surface area (Å²) in [7, 11) is 0. The van der Waals surface area contributed by atoms with Gasteiger partial charge in [-0.25, -0.2) is 19.9 Å². The first-order valence-corrected chi connectivity index (χ1v) is 13.7. The fourth-order valence-electron chi connectivity index (χ4n) is 6.21. The molecule has 0 amide bonds. The molecule has 8 heterocycles. The summed E-state index contributed by atoms with van der Waals surface area (Å²) in [5.74, 6) is 0. The molecule has 9 rings (SSSR count). The summed E-state index contributed by atoms with van der Waals surface area (Å²) in [6.07, 6.45) is 15.5. The Morgan fingerprint density at radius 3 is 0.857 bits per heavy atom. The third-order valence-electron chi connectivity index (χ3n) is 8.12. The molecule has 0 aliphatic carbocycles. The summed E-state index contributed by atoms with van der Waals surface area (Å²) in [6, 6.07) is 21.0. The van der Waals surface area contributed by atoms with Crippen molar-refractivity contribution in [2.24, 2.45) is 0 Å². The molecule has 198 valence electrons. The van der Waals surface area contributed by atoms with Gasteiger partial charge in [-0.05, 0) is 82.9 Å². The van der Waals surface area contributed by atoms with E-state index in [1.807, 2.05) is 49.1 Å². The number of pyridine rings is 4. The molecule has 8 nitrogen and oxygen atoms in total. The summed E-state index contributed by atoms with van der Waals surface area (Å²) in [4.78, 5) is 31.9. The third kappa shape index (κ3) is 3.29. The van der Waals surface area contributed by atoms with Crippen molar-refractivity contribution in [2.75, 3.05) is 0 Å². The number of nitrogens with zero attached hydrogens (tertiary/aromatic N) is 4. The van der Waals surface area contributed by atoms with Gasteiger partial charge < -0.3 is 19.9 Å². The first-order valence-electron chi connectivity index (χ1n) is 13.7. The number of nitrogens with one attached hydrogen (secondary N) is 4. The maximum Gasteiger partial charge on any atom is 0.137 e. The molecule has 0 aliphatic rings. The highest BCUT2D eigenvalue weighted by atomic mass is 14.9. The van der Waals surface area contributed by atoms with Crippen LogP contribution in [-0.4, -0.2) is 39.9 Å². The van der Waals surface area contributed by atoms with Gasteiger partial charge in [-0.3, -0.25) is 0 Å². The number of fused-ring (bicyclic) bond motifs is 4. The van der Waals surface area contributed by atoms with Gasteiger partial charge in [0, 0.05) is 93.4 Å². The molecule has 0 radical (unpaired) electrons. The van der Waals surface area contributed by atoms with Gasteiger partial charge in [0.15, 0.2) is 0 Å². The second-order valence-electron chi connectivity index (χ2n) is 10.4. The smallest absolute Gasteiger partial charge is 0.137 e. The van der Waals surface area contributed by atoms with Crippen LogP contribution < -0.4 is 0 Å². The Morgan fingerprint density at radius 2 is 0.595 bits per heavy atom. The largest absolute Gasteiger partial charge is 0.346 e. The second-order valence-corrected chi connectivity index (χ2v) is 10.4. The highest BCUT2D eigenvalue weighted by Gasteiger charge is 2.23. The van der Waals surface area contributed by atoms with E-state index in [4.69, 9.17) is 0 Å². The summed E-state index contributed by atoms with van der Waals surface area (Å²) in [5.41, 5.74) is 12.1. The van der Waals surface area contributed by atoms with Crippen molar-refractivity contribution in [3.05, 3.63) is 110 Å². The zero-order chi connectivity index (χ0) is 27.6. The number of H-pyrrole nitrogens is 4. The van der Waals surface area contributed by atoms with E-state index in [0.717, 1.165) is 88.6 Å². The van der Waals surface area contributed by atoms with E-state index < -0.39 is 0 Å². The first-order chi connectivity index (χ1) is 20.8. The topological polar surface area (TPSA) is 115 Å². The summed E-state index contributed by atoms with van der Waals surface area (Å²) >= 11 is 0. The van der Waals surface area contributed by atoms with Crippen LogP contribution in [0.15, 0.2) is 110 Å². The zero-order valence-electron chi connectivity index (χ0n) is 22.2. The normalized spacial score (nSPS) is 11.8. The lowest BCUT2D eigenvalue weighted by atomic mass is 9.85. The van der Waals surface area contributed by atoms with E-state index in [2.05, 4.69) is 101 Å². The van der Waals surface area contributed by atoms with E-state index in [9.17, 15) is 0 Å². The molecular formula is C34H22N8. The third-order valence-corrected chi connectivity index (χ3v) is 8.12. The van der Waals surface area contributed by atoms with Crippen LogP contribution >= 0.6 is 0 Å². The molecule has 0 saturated carbocycles. The Morgan fingerprint density at radius 1 is 0.333 bits per heavy atom. The molecule has 42 heavy (non-hydrogen) atoms. The van der Waals surface area contributed by atoms with Gasteiger partial charge in [0.05, 0.1) is 0 Å². The minimum atomic E-state index is 0.851. The Balaban J connectivity index is 1.44. The summed E-state index contributed by atoms with van der Waals surface area (Å²) < 4.78 is 0. The molecule has 0 unspecified atom stereocenters. The van der Waals surface area contributed by atoms with Gasteiger partial charge >= 0.3 is 0 Å². The van der Waals surface area contributed by atoms with Crippen molar-refractivity contribution in [1.29, 1.82) is 0 Å². The molecule has 0 fully saturated rings. The van der Waals surface area contributed by atoms with Crippen LogP contribution in [0.25, 0.3) is 88.6 Å². The highest BCUT2D eigenvalue weighted by molar-refractivity contribution is 6.10. The van der Waals surface area contributed by atoms with Crippen LogP contribution in [0, 0.1) is 0 Å². The fourth-order valence-corrected chi connectivity index (χ4v) is 6.21. The molecular weight excluding hydrogens is 520 g/mol. The number of aromatic amines is 4. The second kappa shape index (κ2) is 8.74. The van der Waals surface area contributed by atoms with Crippen molar-refractivity contribution < 1.29 is 0 Å². The molecule has 0 atom stereocenters. The van der Waals surface area contributed by atoms with Crippen LogP contribution in [0.1, 0.15) is 0 Å². The van der Waals surface area contributed by atoms with Crippen molar-refractivity contribution in [3.63, 3.8) is 0 Å². The van der Waals surface area contributed by atoms with Gasteiger partial charge in [0.2, 0.25) is 0 Å². The van der Waals surface area contributed by atoms with Crippen LogP contribution in [-0.2, 0) is 0 Å². The molecule has 9 aromatic rings. The van der Waals surface area contributed by atoms with E-state index in [1.165, 1.54) is 0 Å². The number of rotatable bonds is 4. The van der Waals surface area contributed by atoms with Crippen molar-refractivity contribution in [1.82, 2.24) is 39.9 Å². The Labute approximate surface area is 238 Å². The van der Waals surface area contributed by atoms with Crippen molar-refractivity contribution in [2.45, 2.75) is 0 Å². The lowest BCUT2D eigenvalue weighted by Gasteiger charge is -2.17. The molecule has 4 N–H and O–H groups in total. The van der Waals surface area contributed by atoms with E-state index in [0.29, 0.717) is 0 Å². The van der Waals surface area contributed by atoms with Crippen molar-refractivity contribution in [3.8, 4) is 44.5 Å². The predicted octanol–water partition coefficient (Wildman–Crippen LogP) is 7.86. The number of benzene rings is 1. The van der Waals surface area contributed by atoms with Crippen LogP contribution in [0.5, 0.6) is 0 Å². The minimum Gasteiger partial charge on any atom is -0.346 e. The van der Waals surface area contributed by atoms with Gasteiger partial charge in [-0.1, -0.05) is 0 Å². The van der Waals surface area contributed by atoms with Crippen LogP contribution in [0.4, 0.5) is 0 Å². The fraction of sp³-hybridized carbons (Fsp3) is 0. The van der Waals surface area contributed by atoms with Gasteiger partial charge in [-0.2, -0.15) is 0 Å². The van der Waals surface area contributed by atoms with Gasteiger partial charge in [0.25, 0.3) is 0 Å². The SMILES string of the molecule is c1cnc2[nH]cc(-c3cc(-c4c[nH]c5ncccc45)c(-c4c[nH]c5ncccc45)cc3-c3c[nH]c4ncccc34)c2c1. The Hall–Kier alpha value is -6.02. The highest BCUT2D eigenvalue weighted by Crippen LogP contribution is 2.47. The van der Waals surface area contributed by atoms with E-state index in [-0.39, 0.29) is 0 Å². The Bertz CT molecular complexity index is 2100. The number of hydrogen-bond acceptors (Lipinski definition) is 4. The maximum atomic E-state index is 4.58. The molecule has 0 saturated heterocycles.